The quantitative estimate of drug-likeness (QED) is 0.696. The summed E-state index contributed by atoms with van der Waals surface area (Å²) in [6, 6.07) is 20.4. The molecule has 1 N–H and O–H groups in total. The first-order valence-corrected chi connectivity index (χ1v) is 10.6. The summed E-state index contributed by atoms with van der Waals surface area (Å²) in [7, 11) is 0. The van der Waals surface area contributed by atoms with E-state index >= 15 is 0 Å². The van der Waals surface area contributed by atoms with E-state index in [-0.39, 0.29) is 0 Å². The van der Waals surface area contributed by atoms with Gasteiger partial charge in [-0.05, 0) is 85.3 Å². The fraction of sp³-hybridized carbons (Fsp3) is 0.520. The van der Waals surface area contributed by atoms with Crippen LogP contribution in [0.3, 0.4) is 0 Å². The van der Waals surface area contributed by atoms with Crippen LogP contribution in [0.1, 0.15) is 51.0 Å². The fourth-order valence-electron chi connectivity index (χ4n) is 6.64. The van der Waals surface area contributed by atoms with Crippen LogP contribution in [0.4, 0.5) is 0 Å². The molecule has 1 atom stereocenters. The Morgan fingerprint density at radius 1 is 0.808 bits per heavy atom. The molecule has 6 rings (SSSR count). The Balaban J connectivity index is 1.24. The van der Waals surface area contributed by atoms with Crippen molar-refractivity contribution in [1.29, 1.82) is 0 Å². The zero-order valence-electron chi connectivity index (χ0n) is 16.0. The smallest absolute Gasteiger partial charge is 0.0208 e. The summed E-state index contributed by atoms with van der Waals surface area (Å²) in [6.45, 7) is 3.46. The molecular weight excluding hydrogens is 314 g/mol. The monoisotopic (exact) mass is 345 g/mol. The van der Waals surface area contributed by atoms with Crippen LogP contribution in [0.15, 0.2) is 54.6 Å². The van der Waals surface area contributed by atoms with Crippen molar-refractivity contribution in [1.82, 2.24) is 5.32 Å². The third kappa shape index (κ3) is 3.01. The average molecular weight is 346 g/mol. The fourth-order valence-corrected chi connectivity index (χ4v) is 6.64. The molecule has 0 aliphatic heterocycles. The number of benzene rings is 2. The molecule has 2 aromatic carbocycles. The molecule has 2 aromatic rings. The van der Waals surface area contributed by atoms with Crippen LogP contribution in [0, 0.1) is 23.2 Å². The second kappa shape index (κ2) is 6.53. The number of hydrogen-bond donors (Lipinski definition) is 1. The van der Waals surface area contributed by atoms with Gasteiger partial charge in [0.2, 0.25) is 0 Å². The molecule has 0 saturated heterocycles. The van der Waals surface area contributed by atoms with Crippen LogP contribution >= 0.6 is 0 Å². The molecule has 4 bridgehead atoms. The molecule has 0 aromatic heterocycles. The van der Waals surface area contributed by atoms with Gasteiger partial charge in [0.25, 0.3) is 0 Å². The Bertz CT molecular complexity index is 710. The average Bonchev–Trinajstić information content (AvgIpc) is 2.66. The summed E-state index contributed by atoms with van der Waals surface area (Å²) in [4.78, 5) is 0. The minimum Gasteiger partial charge on any atom is -0.310 e. The SMILES string of the molecule is C[C@H](NCc1ccc(-c2ccccc2)cc1)C12CC3CC(CC(C3)C1)C2. The Kier molecular flexibility index (Phi) is 4.16. The molecule has 4 fully saturated rings. The highest BCUT2D eigenvalue weighted by Crippen LogP contribution is 2.61. The lowest BCUT2D eigenvalue weighted by Crippen LogP contribution is -2.54. The van der Waals surface area contributed by atoms with Gasteiger partial charge in [0.1, 0.15) is 0 Å². The number of nitrogens with one attached hydrogen (secondary N) is 1. The molecule has 4 aliphatic carbocycles. The van der Waals surface area contributed by atoms with Gasteiger partial charge in [-0.25, -0.2) is 0 Å². The predicted molar refractivity (Wildman–Crippen MR) is 109 cm³/mol. The van der Waals surface area contributed by atoms with E-state index in [1.54, 1.807) is 0 Å². The lowest BCUT2D eigenvalue weighted by atomic mass is 9.48. The summed E-state index contributed by atoms with van der Waals surface area (Å²) in [5.41, 5.74) is 4.61. The lowest BCUT2D eigenvalue weighted by molar-refractivity contribution is -0.0706. The molecule has 1 heteroatoms. The highest BCUT2D eigenvalue weighted by Gasteiger charge is 2.52. The lowest BCUT2D eigenvalue weighted by Gasteiger charge is -2.59. The van der Waals surface area contributed by atoms with Gasteiger partial charge >= 0.3 is 0 Å². The summed E-state index contributed by atoms with van der Waals surface area (Å²) >= 11 is 0. The second-order valence-electron chi connectivity index (χ2n) is 9.45. The molecular formula is C25H31N. The third-order valence-electron chi connectivity index (χ3n) is 7.68. The van der Waals surface area contributed by atoms with Gasteiger partial charge in [-0.1, -0.05) is 54.6 Å². The van der Waals surface area contributed by atoms with E-state index in [1.807, 2.05) is 0 Å². The number of hydrogen-bond acceptors (Lipinski definition) is 1. The summed E-state index contributed by atoms with van der Waals surface area (Å²) < 4.78 is 0. The van der Waals surface area contributed by atoms with E-state index in [2.05, 4.69) is 66.8 Å². The standard InChI is InChI=1S/C25H31N/c1-18(25-14-20-11-21(15-25)13-22(12-20)16-25)26-17-19-7-9-24(10-8-19)23-5-3-2-4-6-23/h2-10,18,20-22,26H,11-17H2,1H3/t18-,20?,21?,22?,25?/m0/s1. The van der Waals surface area contributed by atoms with E-state index in [1.165, 1.54) is 55.2 Å². The second-order valence-corrected chi connectivity index (χ2v) is 9.45. The van der Waals surface area contributed by atoms with Crippen molar-refractivity contribution in [3.05, 3.63) is 60.2 Å². The predicted octanol–water partition coefficient (Wildman–Crippen LogP) is 6.05. The van der Waals surface area contributed by atoms with Crippen molar-refractivity contribution in [3.63, 3.8) is 0 Å². The highest BCUT2D eigenvalue weighted by atomic mass is 14.9. The molecule has 0 unspecified atom stereocenters. The van der Waals surface area contributed by atoms with Crippen LogP contribution in [0.2, 0.25) is 0 Å². The zero-order valence-corrected chi connectivity index (χ0v) is 16.0. The first kappa shape index (κ1) is 16.6. The van der Waals surface area contributed by atoms with Crippen LogP contribution in [-0.2, 0) is 6.54 Å². The van der Waals surface area contributed by atoms with E-state index in [4.69, 9.17) is 0 Å². The third-order valence-corrected chi connectivity index (χ3v) is 7.68. The molecule has 136 valence electrons. The van der Waals surface area contributed by atoms with E-state index < -0.39 is 0 Å². The number of rotatable bonds is 5. The van der Waals surface area contributed by atoms with Crippen molar-refractivity contribution < 1.29 is 0 Å². The summed E-state index contributed by atoms with van der Waals surface area (Å²) in [5.74, 6) is 3.11. The van der Waals surface area contributed by atoms with E-state index in [0.717, 1.165) is 24.3 Å². The van der Waals surface area contributed by atoms with Gasteiger partial charge in [-0.2, -0.15) is 0 Å². The first-order valence-electron chi connectivity index (χ1n) is 10.6. The maximum absolute atomic E-state index is 3.92. The van der Waals surface area contributed by atoms with E-state index in [0.29, 0.717) is 11.5 Å². The van der Waals surface area contributed by atoms with Crippen molar-refractivity contribution in [2.45, 2.75) is 58.0 Å². The normalized spacial score (nSPS) is 33.3. The van der Waals surface area contributed by atoms with Crippen LogP contribution in [0.25, 0.3) is 11.1 Å². The van der Waals surface area contributed by atoms with Crippen molar-refractivity contribution >= 4 is 0 Å². The largest absolute Gasteiger partial charge is 0.310 e. The zero-order chi connectivity index (χ0) is 17.6. The molecule has 4 aliphatic rings. The van der Waals surface area contributed by atoms with Gasteiger partial charge in [-0.3, -0.25) is 0 Å². The summed E-state index contributed by atoms with van der Waals surface area (Å²) in [5, 5.41) is 3.92. The van der Waals surface area contributed by atoms with Crippen molar-refractivity contribution in [2.75, 3.05) is 0 Å². The molecule has 26 heavy (non-hydrogen) atoms. The van der Waals surface area contributed by atoms with Crippen LogP contribution in [-0.4, -0.2) is 6.04 Å². The Hall–Kier alpha value is -1.60. The van der Waals surface area contributed by atoms with E-state index in [9.17, 15) is 0 Å². The maximum atomic E-state index is 3.92. The van der Waals surface area contributed by atoms with Gasteiger partial charge in [-0.15, -0.1) is 0 Å². The molecule has 0 heterocycles. The van der Waals surface area contributed by atoms with Crippen molar-refractivity contribution in [3.8, 4) is 11.1 Å². The molecule has 0 radical (unpaired) electrons. The molecule has 1 nitrogen and oxygen atoms in total. The van der Waals surface area contributed by atoms with Gasteiger partial charge in [0.05, 0.1) is 0 Å². The van der Waals surface area contributed by atoms with Gasteiger partial charge in [0.15, 0.2) is 0 Å². The summed E-state index contributed by atoms with van der Waals surface area (Å²) in [6.07, 6.45) is 9.06. The first-order chi connectivity index (χ1) is 12.7. The molecule has 0 spiro atoms. The topological polar surface area (TPSA) is 12.0 Å². The Morgan fingerprint density at radius 2 is 1.35 bits per heavy atom. The van der Waals surface area contributed by atoms with Gasteiger partial charge in [0, 0.05) is 12.6 Å². The highest BCUT2D eigenvalue weighted by molar-refractivity contribution is 5.63. The van der Waals surface area contributed by atoms with Crippen LogP contribution in [0.5, 0.6) is 0 Å². The van der Waals surface area contributed by atoms with Gasteiger partial charge < -0.3 is 5.32 Å². The minimum atomic E-state index is 0.596. The maximum Gasteiger partial charge on any atom is 0.0208 e. The minimum absolute atomic E-state index is 0.596. The Labute approximate surface area is 158 Å². The molecule has 4 saturated carbocycles. The van der Waals surface area contributed by atoms with Crippen LogP contribution < -0.4 is 5.32 Å². The van der Waals surface area contributed by atoms with Crippen molar-refractivity contribution in [2.24, 2.45) is 23.2 Å². The molecule has 0 amide bonds. The Morgan fingerprint density at radius 3 is 1.92 bits per heavy atom.